The van der Waals surface area contributed by atoms with Crippen LogP contribution in [-0.4, -0.2) is 45.5 Å². The van der Waals surface area contributed by atoms with E-state index in [1.165, 1.54) is 0 Å². The normalized spacial score (nSPS) is 0. The van der Waals surface area contributed by atoms with Gasteiger partial charge in [0.05, 0.1) is 0 Å². The van der Waals surface area contributed by atoms with Gasteiger partial charge in [-0.25, -0.2) is 0 Å². The monoisotopic (exact) mass is 405 g/mol. The molecule has 0 unspecified atom stereocenters. The first-order valence-corrected chi connectivity index (χ1v) is 0. The molecule has 0 spiro atoms. The van der Waals surface area contributed by atoms with Crippen LogP contribution in [0.2, 0.25) is 0 Å². The SMILES string of the molecule is [Ag].[H-].[H-].[H-].[Na+].[Sr+2].[W]. The predicted molar refractivity (Wildman–Crippen MR) is 9.09 cm³/mol. The van der Waals surface area contributed by atoms with Gasteiger partial charge in [0.1, 0.15) is 0 Å². The molecule has 0 aliphatic rings. The smallest absolute Gasteiger partial charge is 1.00 e. The van der Waals surface area contributed by atoms with Crippen LogP contribution in [0.5, 0.6) is 0 Å². The summed E-state index contributed by atoms with van der Waals surface area (Å²) in [7, 11) is 0. The first-order chi connectivity index (χ1) is 0. The van der Waals surface area contributed by atoms with Gasteiger partial charge in [-0.15, -0.1) is 0 Å². The summed E-state index contributed by atoms with van der Waals surface area (Å²) in [4.78, 5) is 0. The molecule has 0 aromatic heterocycles. The summed E-state index contributed by atoms with van der Waals surface area (Å²) in [5.41, 5.74) is 0. The number of rotatable bonds is 0. The third kappa shape index (κ3) is 9.32. The Morgan fingerprint density at radius 2 is 1.25 bits per heavy atom. The third-order valence-corrected chi connectivity index (χ3v) is 0. The van der Waals surface area contributed by atoms with Crippen LogP contribution >= 0.6 is 0 Å². The molecule has 4 heavy (non-hydrogen) atoms. The summed E-state index contributed by atoms with van der Waals surface area (Å²) < 4.78 is 0. The summed E-state index contributed by atoms with van der Waals surface area (Å²) >= 11 is 0. The van der Waals surface area contributed by atoms with Gasteiger partial charge >= 0.3 is 75.0 Å². The fourth-order valence-corrected chi connectivity index (χ4v) is 0. The van der Waals surface area contributed by atoms with E-state index in [2.05, 4.69) is 0 Å². The second-order valence-corrected chi connectivity index (χ2v) is 0. The second kappa shape index (κ2) is 15.8. The Morgan fingerprint density at radius 3 is 1.25 bits per heavy atom. The molecule has 1 radical (unpaired) electrons. The van der Waals surface area contributed by atoms with Crippen LogP contribution in [0.4, 0.5) is 0 Å². The van der Waals surface area contributed by atoms with Crippen LogP contribution in [-0.2, 0) is 43.4 Å². The van der Waals surface area contributed by atoms with E-state index in [1.807, 2.05) is 0 Å². The van der Waals surface area contributed by atoms with Gasteiger partial charge in [-0.3, -0.25) is 0 Å². The minimum Gasteiger partial charge on any atom is -1.00 e. The molecule has 0 N–H and O–H groups in total. The zero-order valence-corrected chi connectivity index (χ0v) is 12.3. The van der Waals surface area contributed by atoms with Crippen molar-refractivity contribution in [3.05, 3.63) is 0 Å². The summed E-state index contributed by atoms with van der Waals surface area (Å²) in [6.45, 7) is 0. The van der Waals surface area contributed by atoms with Crippen molar-refractivity contribution < 1.29 is 77.3 Å². The topological polar surface area (TPSA) is 0 Å². The summed E-state index contributed by atoms with van der Waals surface area (Å²) in [6, 6.07) is 0. The minimum absolute atomic E-state index is 0. The summed E-state index contributed by atoms with van der Waals surface area (Å²) in [5, 5.41) is 0. The largest absolute Gasteiger partial charge is 2.00 e. The molecule has 4 heteroatoms. The summed E-state index contributed by atoms with van der Waals surface area (Å²) in [5.74, 6) is 0. The summed E-state index contributed by atoms with van der Waals surface area (Å²) in [6.07, 6.45) is 0. The van der Waals surface area contributed by atoms with Gasteiger partial charge in [0, 0.05) is 43.4 Å². The average Bonchev–Trinajstić information content (AvgIpc) is 0. The van der Waals surface area contributed by atoms with Gasteiger partial charge in [0.15, 0.2) is 0 Å². The molecular weight excluding hydrogens is 402 g/mol. The number of hydrogen-bond donors (Lipinski definition) is 0. The van der Waals surface area contributed by atoms with Gasteiger partial charge in [0.2, 0.25) is 0 Å². The van der Waals surface area contributed by atoms with Crippen molar-refractivity contribution in [3.8, 4) is 0 Å². The molecule has 0 aromatic carbocycles. The number of hydrogen-bond acceptors (Lipinski definition) is 0. The Hall–Kier alpha value is 3.91. The van der Waals surface area contributed by atoms with Crippen LogP contribution < -0.4 is 29.6 Å². The molecule has 0 fully saturated rings. The van der Waals surface area contributed by atoms with Crippen molar-refractivity contribution in [2.75, 3.05) is 0 Å². The average molecular weight is 405 g/mol. The van der Waals surface area contributed by atoms with E-state index in [-0.39, 0.29) is 123 Å². The zero-order valence-electron chi connectivity index (χ0n) is 5.42. The molecule has 0 nitrogen and oxygen atoms in total. The Kier molecular flexibility index (Phi) is 97.5. The fourth-order valence-electron chi connectivity index (χ4n) is 0. The first-order valence-electron chi connectivity index (χ1n) is 0. The molecule has 0 aromatic rings. The van der Waals surface area contributed by atoms with E-state index >= 15 is 0 Å². The van der Waals surface area contributed by atoms with Crippen molar-refractivity contribution in [1.82, 2.24) is 0 Å². The third-order valence-electron chi connectivity index (χ3n) is 0. The van der Waals surface area contributed by atoms with Gasteiger partial charge in [-0.05, 0) is 0 Å². The standard InChI is InChI=1S/Ag.Na.Sr.W.3H/q;+1;+2;;3*-1. The molecule has 0 rings (SSSR count). The maximum Gasteiger partial charge on any atom is 2.00 e. The van der Waals surface area contributed by atoms with Gasteiger partial charge < -0.3 is 4.28 Å². The molecule has 0 amide bonds. The van der Waals surface area contributed by atoms with Crippen LogP contribution in [0.15, 0.2) is 0 Å². The molecule has 0 aliphatic carbocycles. The van der Waals surface area contributed by atoms with Crippen molar-refractivity contribution in [3.63, 3.8) is 0 Å². The van der Waals surface area contributed by atoms with Crippen molar-refractivity contribution >= 4 is 45.5 Å². The first kappa shape index (κ1) is 24.7. The molecule has 0 saturated heterocycles. The molecule has 0 bridgehead atoms. The van der Waals surface area contributed by atoms with E-state index in [9.17, 15) is 0 Å². The van der Waals surface area contributed by atoms with E-state index in [1.54, 1.807) is 0 Å². The maximum atomic E-state index is 0. The second-order valence-electron chi connectivity index (χ2n) is 0. The van der Waals surface area contributed by atoms with E-state index in [0.717, 1.165) is 0 Å². The quantitative estimate of drug-likeness (QED) is 0.376. The predicted octanol–water partition coefficient (Wildman–Crippen LogP) is -3.04. The van der Waals surface area contributed by atoms with Crippen molar-refractivity contribution in [2.24, 2.45) is 0 Å². The van der Waals surface area contributed by atoms with Crippen molar-refractivity contribution in [2.45, 2.75) is 0 Å². The molecular formula is H3AgNaSrW. The van der Waals surface area contributed by atoms with Crippen molar-refractivity contribution in [1.29, 1.82) is 0 Å². The Morgan fingerprint density at radius 1 is 1.25 bits per heavy atom. The Labute approximate surface area is 120 Å². The fraction of sp³-hybridized carbons (Fsp3) is 0. The van der Waals surface area contributed by atoms with E-state index in [4.69, 9.17) is 0 Å². The van der Waals surface area contributed by atoms with Gasteiger partial charge in [-0.2, -0.15) is 0 Å². The van der Waals surface area contributed by atoms with Gasteiger partial charge in [-0.1, -0.05) is 0 Å². The zero-order chi connectivity index (χ0) is 0. The van der Waals surface area contributed by atoms with Crippen LogP contribution in [0.3, 0.4) is 0 Å². The van der Waals surface area contributed by atoms with Crippen LogP contribution in [0.25, 0.3) is 0 Å². The molecule has 0 aliphatic heterocycles. The van der Waals surface area contributed by atoms with Crippen LogP contribution in [0, 0.1) is 0 Å². The maximum absolute atomic E-state index is 0. The van der Waals surface area contributed by atoms with E-state index in [0.29, 0.717) is 0 Å². The van der Waals surface area contributed by atoms with E-state index < -0.39 is 0 Å². The van der Waals surface area contributed by atoms with Crippen LogP contribution in [0.1, 0.15) is 4.28 Å². The minimum atomic E-state index is 0. The van der Waals surface area contributed by atoms with Gasteiger partial charge in [0.25, 0.3) is 0 Å². The molecule has 23 valence electrons. The molecule has 0 atom stereocenters. The Bertz CT molecular complexity index is 14.9. The molecule has 0 saturated carbocycles. The Balaban J connectivity index is 0. The molecule has 0 heterocycles.